The molecule has 0 saturated heterocycles. The molecule has 2 aromatic carbocycles. The van der Waals surface area contributed by atoms with Gasteiger partial charge in [-0.05, 0) is 55.5 Å². The predicted octanol–water partition coefficient (Wildman–Crippen LogP) is 5.52. The van der Waals surface area contributed by atoms with Crippen molar-refractivity contribution in [2.24, 2.45) is 0 Å². The van der Waals surface area contributed by atoms with Gasteiger partial charge in [0.2, 0.25) is 0 Å². The van der Waals surface area contributed by atoms with Gasteiger partial charge in [-0.25, -0.2) is 4.39 Å². The number of aryl methyl sites for hydroxylation is 1. The molecule has 1 aliphatic rings. The highest BCUT2D eigenvalue weighted by Crippen LogP contribution is 2.31. The second kappa shape index (κ2) is 9.10. The maximum absolute atomic E-state index is 14.8. The van der Waals surface area contributed by atoms with Crippen LogP contribution in [0, 0.1) is 12.7 Å². The third-order valence-electron chi connectivity index (χ3n) is 5.58. The Morgan fingerprint density at radius 3 is 2.71 bits per heavy atom. The number of carbonyl (C=O) groups excluding carboxylic acids is 1. The molecule has 0 radical (unpaired) electrons. The maximum atomic E-state index is 14.8. The number of carbonyl (C=O) groups is 1. The van der Waals surface area contributed by atoms with Crippen LogP contribution < -0.4 is 4.74 Å². The standard InChI is InChI=1S/C25H25FN2O2S/c1-4-20-21(8-10-23(31-3)24(20)26)25(29)28-11-12-30-22-9-7-17(13-19(22)15-28)18-6-5-16(2)27-14-18/h5-10,13-14H,4,11-12,15H2,1-3H3. The van der Waals surface area contributed by atoms with Gasteiger partial charge in [0.05, 0.1) is 6.54 Å². The summed E-state index contributed by atoms with van der Waals surface area (Å²) in [5.41, 5.74) is 4.84. The summed E-state index contributed by atoms with van der Waals surface area (Å²) in [7, 11) is 0. The molecule has 0 fully saturated rings. The maximum Gasteiger partial charge on any atom is 0.254 e. The van der Waals surface area contributed by atoms with Crippen molar-refractivity contribution in [3.8, 4) is 16.9 Å². The lowest BCUT2D eigenvalue weighted by Gasteiger charge is -2.22. The number of benzene rings is 2. The second-order valence-corrected chi connectivity index (χ2v) is 8.40. The number of pyridine rings is 1. The highest BCUT2D eigenvalue weighted by molar-refractivity contribution is 7.98. The number of aromatic nitrogens is 1. The van der Waals surface area contributed by atoms with Crippen LogP contribution in [-0.2, 0) is 13.0 Å². The van der Waals surface area contributed by atoms with Crippen LogP contribution >= 0.6 is 11.8 Å². The van der Waals surface area contributed by atoms with Gasteiger partial charge in [0, 0.05) is 45.6 Å². The number of fused-ring (bicyclic) bond motifs is 1. The summed E-state index contributed by atoms with van der Waals surface area (Å²) in [5, 5.41) is 0. The number of amides is 1. The molecular weight excluding hydrogens is 411 g/mol. The topological polar surface area (TPSA) is 42.4 Å². The lowest BCUT2D eigenvalue weighted by atomic mass is 10.0. The summed E-state index contributed by atoms with van der Waals surface area (Å²) in [4.78, 5) is 20.1. The van der Waals surface area contributed by atoms with Crippen molar-refractivity contribution in [1.82, 2.24) is 9.88 Å². The van der Waals surface area contributed by atoms with Gasteiger partial charge in [-0.15, -0.1) is 11.8 Å². The second-order valence-electron chi connectivity index (χ2n) is 7.55. The van der Waals surface area contributed by atoms with Crippen molar-refractivity contribution in [2.75, 3.05) is 19.4 Å². The molecule has 6 heteroatoms. The fourth-order valence-corrected chi connectivity index (χ4v) is 4.37. The van der Waals surface area contributed by atoms with E-state index >= 15 is 0 Å². The van der Waals surface area contributed by atoms with E-state index < -0.39 is 0 Å². The Morgan fingerprint density at radius 2 is 2.00 bits per heavy atom. The van der Waals surface area contributed by atoms with Gasteiger partial charge in [0.1, 0.15) is 18.2 Å². The number of halogens is 1. The van der Waals surface area contributed by atoms with Crippen LogP contribution in [0.15, 0.2) is 53.6 Å². The minimum Gasteiger partial charge on any atom is -0.491 e. The van der Waals surface area contributed by atoms with Crippen LogP contribution in [0.2, 0.25) is 0 Å². The molecule has 0 spiro atoms. The summed E-state index contributed by atoms with van der Waals surface area (Å²) in [6, 6.07) is 13.5. The molecule has 0 unspecified atom stereocenters. The van der Waals surface area contributed by atoms with Crippen molar-refractivity contribution in [1.29, 1.82) is 0 Å². The Bertz CT molecular complexity index is 1120. The van der Waals surface area contributed by atoms with Gasteiger partial charge in [-0.2, -0.15) is 0 Å². The third kappa shape index (κ3) is 4.30. The van der Waals surface area contributed by atoms with Crippen molar-refractivity contribution in [2.45, 2.75) is 31.7 Å². The number of nitrogens with zero attached hydrogens (tertiary/aromatic N) is 2. The SMILES string of the molecule is CCc1c(C(=O)N2CCOc3ccc(-c4ccc(C)nc4)cc3C2)ccc(SC)c1F. The average Bonchev–Trinajstić information content (AvgIpc) is 3.00. The molecule has 31 heavy (non-hydrogen) atoms. The van der Waals surface area contributed by atoms with Gasteiger partial charge < -0.3 is 9.64 Å². The molecule has 0 aliphatic carbocycles. The number of hydrogen-bond donors (Lipinski definition) is 0. The molecule has 1 aromatic heterocycles. The van der Waals surface area contributed by atoms with E-state index in [0.717, 1.165) is 28.1 Å². The molecule has 0 N–H and O–H groups in total. The molecule has 4 rings (SSSR count). The Labute approximate surface area is 186 Å². The zero-order chi connectivity index (χ0) is 22.0. The van der Waals surface area contributed by atoms with E-state index in [0.29, 0.717) is 42.1 Å². The molecule has 2 heterocycles. The molecule has 0 saturated carbocycles. The van der Waals surface area contributed by atoms with Crippen LogP contribution in [0.1, 0.15) is 34.1 Å². The van der Waals surface area contributed by atoms with Gasteiger partial charge in [0.25, 0.3) is 5.91 Å². The van der Waals surface area contributed by atoms with Gasteiger partial charge >= 0.3 is 0 Å². The quantitative estimate of drug-likeness (QED) is 0.506. The van der Waals surface area contributed by atoms with E-state index in [9.17, 15) is 9.18 Å². The first kappa shape index (κ1) is 21.4. The van der Waals surface area contributed by atoms with Crippen molar-refractivity contribution in [3.63, 3.8) is 0 Å². The summed E-state index contributed by atoms with van der Waals surface area (Å²) >= 11 is 1.35. The molecule has 1 amide bonds. The zero-order valence-electron chi connectivity index (χ0n) is 17.9. The van der Waals surface area contributed by atoms with Crippen molar-refractivity contribution in [3.05, 3.63) is 76.9 Å². The normalized spacial score (nSPS) is 13.4. The number of thioether (sulfide) groups is 1. The van der Waals surface area contributed by atoms with Gasteiger partial charge in [-0.1, -0.05) is 19.1 Å². The van der Waals surface area contributed by atoms with E-state index in [1.54, 1.807) is 17.0 Å². The fourth-order valence-electron chi connectivity index (χ4n) is 3.86. The Morgan fingerprint density at radius 1 is 1.19 bits per heavy atom. The Kier molecular flexibility index (Phi) is 6.28. The lowest BCUT2D eigenvalue weighted by Crippen LogP contribution is -2.33. The highest BCUT2D eigenvalue weighted by Gasteiger charge is 2.25. The number of hydrogen-bond acceptors (Lipinski definition) is 4. The number of ether oxygens (including phenoxy) is 1. The van der Waals surface area contributed by atoms with E-state index in [1.807, 2.05) is 56.6 Å². The molecule has 0 bridgehead atoms. The smallest absolute Gasteiger partial charge is 0.254 e. The molecule has 4 nitrogen and oxygen atoms in total. The predicted molar refractivity (Wildman–Crippen MR) is 122 cm³/mol. The molecule has 3 aromatic rings. The van der Waals surface area contributed by atoms with E-state index in [2.05, 4.69) is 4.98 Å². The molecule has 1 aliphatic heterocycles. The van der Waals surface area contributed by atoms with Gasteiger partial charge in [0.15, 0.2) is 0 Å². The van der Waals surface area contributed by atoms with E-state index in [1.165, 1.54) is 11.8 Å². The minimum atomic E-state index is -0.290. The van der Waals surface area contributed by atoms with E-state index in [4.69, 9.17) is 4.74 Å². The monoisotopic (exact) mass is 436 g/mol. The summed E-state index contributed by atoms with van der Waals surface area (Å²) in [5.74, 6) is 0.322. The van der Waals surface area contributed by atoms with Crippen molar-refractivity contribution < 1.29 is 13.9 Å². The summed E-state index contributed by atoms with van der Waals surface area (Å²) < 4.78 is 20.7. The minimum absolute atomic E-state index is 0.165. The van der Waals surface area contributed by atoms with Crippen LogP contribution in [0.5, 0.6) is 5.75 Å². The fraction of sp³-hybridized carbons (Fsp3) is 0.280. The summed E-state index contributed by atoms with van der Waals surface area (Å²) in [6.07, 6.45) is 4.15. The number of rotatable bonds is 4. The highest BCUT2D eigenvalue weighted by atomic mass is 32.2. The Hall–Kier alpha value is -2.86. The largest absolute Gasteiger partial charge is 0.491 e. The van der Waals surface area contributed by atoms with E-state index in [-0.39, 0.29) is 11.7 Å². The van der Waals surface area contributed by atoms with Crippen LogP contribution in [0.25, 0.3) is 11.1 Å². The van der Waals surface area contributed by atoms with Crippen molar-refractivity contribution >= 4 is 17.7 Å². The summed E-state index contributed by atoms with van der Waals surface area (Å²) in [6.45, 7) is 5.09. The first-order valence-corrected chi connectivity index (χ1v) is 11.6. The van der Waals surface area contributed by atoms with Crippen LogP contribution in [-0.4, -0.2) is 35.2 Å². The van der Waals surface area contributed by atoms with Crippen LogP contribution in [0.3, 0.4) is 0 Å². The average molecular weight is 437 g/mol. The molecular formula is C25H25FN2O2S. The lowest BCUT2D eigenvalue weighted by molar-refractivity contribution is 0.0731. The first-order chi connectivity index (χ1) is 15.0. The van der Waals surface area contributed by atoms with Crippen LogP contribution in [0.4, 0.5) is 4.39 Å². The zero-order valence-corrected chi connectivity index (χ0v) is 18.8. The van der Waals surface area contributed by atoms with Gasteiger partial charge in [-0.3, -0.25) is 9.78 Å². The third-order valence-corrected chi connectivity index (χ3v) is 6.34. The molecule has 160 valence electrons. The molecule has 0 atom stereocenters. The Balaban J connectivity index is 1.66. The first-order valence-electron chi connectivity index (χ1n) is 10.3.